The molecule has 1 aliphatic heterocycles. The van der Waals surface area contributed by atoms with Crippen LogP contribution in [0.15, 0.2) is 72.4 Å². The highest BCUT2D eigenvalue weighted by Gasteiger charge is 2.46. The maximum atomic E-state index is 12.9. The molecule has 0 radical (unpaired) electrons. The molecule has 0 bridgehead atoms. The lowest BCUT2D eigenvalue weighted by Crippen LogP contribution is -2.69. The van der Waals surface area contributed by atoms with E-state index >= 15 is 0 Å². The van der Waals surface area contributed by atoms with Crippen LogP contribution in [0.5, 0.6) is 5.75 Å². The average molecular weight is 392 g/mol. The van der Waals surface area contributed by atoms with Gasteiger partial charge in [-0.05, 0) is 25.1 Å². The number of hydrogen-bond acceptors (Lipinski definition) is 5. The molecule has 2 atom stereocenters. The summed E-state index contributed by atoms with van der Waals surface area (Å²) in [6, 6.07) is 16.5. The Kier molecular flexibility index (Phi) is 6.34. The molecule has 150 valence electrons. The number of hydrogen-bond donors (Lipinski definition) is 1. The van der Waals surface area contributed by atoms with E-state index in [0.29, 0.717) is 5.70 Å². The maximum absolute atomic E-state index is 12.9. The van der Waals surface area contributed by atoms with Crippen LogP contribution in [0.4, 0.5) is 5.69 Å². The summed E-state index contributed by atoms with van der Waals surface area (Å²) in [6.45, 7) is 1.73. The van der Waals surface area contributed by atoms with Crippen LogP contribution < -0.4 is 15.0 Å². The molecule has 1 saturated heterocycles. The topological polar surface area (TPSA) is 67.9 Å². The number of benzene rings is 2. The van der Waals surface area contributed by atoms with Crippen molar-refractivity contribution in [3.05, 3.63) is 78.0 Å². The molecule has 29 heavy (non-hydrogen) atoms. The van der Waals surface area contributed by atoms with Gasteiger partial charge in [0.2, 0.25) is 0 Å². The highest BCUT2D eigenvalue weighted by molar-refractivity contribution is 6.06. The van der Waals surface area contributed by atoms with Gasteiger partial charge in [0, 0.05) is 23.0 Å². The Morgan fingerprint density at radius 2 is 1.76 bits per heavy atom. The van der Waals surface area contributed by atoms with Crippen LogP contribution in [0, 0.1) is 0 Å². The maximum Gasteiger partial charge on any atom is 0.332 e. The lowest BCUT2D eigenvalue weighted by Gasteiger charge is -2.46. The van der Waals surface area contributed by atoms with Gasteiger partial charge in [-0.25, -0.2) is 4.79 Å². The van der Waals surface area contributed by atoms with Crippen LogP contribution >= 0.6 is 0 Å². The van der Waals surface area contributed by atoms with Gasteiger partial charge in [-0.15, -0.1) is 0 Å². The molecule has 1 amide bonds. The SMILES string of the molecule is COC(=O)/C=C(\C)N[C@@H]1C(=O)N(c2ccccc2)[C@@H]1/C=C/c1ccccc1OC. The summed E-state index contributed by atoms with van der Waals surface area (Å²) in [5.41, 5.74) is 2.31. The summed E-state index contributed by atoms with van der Waals surface area (Å²) in [5.74, 6) is 0.221. The van der Waals surface area contributed by atoms with Crippen molar-refractivity contribution in [1.29, 1.82) is 0 Å². The zero-order chi connectivity index (χ0) is 20.8. The minimum absolute atomic E-state index is 0.0662. The number of carbonyl (C=O) groups is 2. The number of para-hydroxylation sites is 2. The predicted octanol–water partition coefficient (Wildman–Crippen LogP) is 3.16. The molecule has 0 saturated carbocycles. The van der Waals surface area contributed by atoms with E-state index in [9.17, 15) is 9.59 Å². The first-order chi connectivity index (χ1) is 14.0. The van der Waals surface area contributed by atoms with E-state index < -0.39 is 12.0 Å². The van der Waals surface area contributed by atoms with E-state index in [1.54, 1.807) is 18.9 Å². The Balaban J connectivity index is 1.88. The van der Waals surface area contributed by atoms with Crippen LogP contribution in [0.1, 0.15) is 12.5 Å². The second kappa shape index (κ2) is 9.10. The molecule has 0 unspecified atom stereocenters. The number of nitrogens with zero attached hydrogens (tertiary/aromatic N) is 1. The third kappa shape index (κ3) is 4.48. The van der Waals surface area contributed by atoms with E-state index in [1.807, 2.05) is 66.7 Å². The number of ether oxygens (including phenoxy) is 2. The Hall–Kier alpha value is -3.54. The molecule has 6 nitrogen and oxygen atoms in total. The highest BCUT2D eigenvalue weighted by Crippen LogP contribution is 2.30. The number of rotatable bonds is 7. The molecule has 6 heteroatoms. The number of nitrogens with one attached hydrogen (secondary N) is 1. The fourth-order valence-electron chi connectivity index (χ4n) is 3.27. The quantitative estimate of drug-likeness (QED) is 0.445. The molecule has 0 aliphatic carbocycles. The number of amides is 1. The molecule has 0 spiro atoms. The first-order valence-electron chi connectivity index (χ1n) is 9.27. The summed E-state index contributed by atoms with van der Waals surface area (Å²) in [7, 11) is 2.94. The first-order valence-corrected chi connectivity index (χ1v) is 9.27. The van der Waals surface area contributed by atoms with Crippen LogP contribution in [0.3, 0.4) is 0 Å². The van der Waals surface area contributed by atoms with Crippen molar-refractivity contribution >= 4 is 23.6 Å². The van der Waals surface area contributed by atoms with E-state index in [1.165, 1.54) is 13.2 Å². The predicted molar refractivity (Wildman–Crippen MR) is 112 cm³/mol. The fraction of sp³-hybridized carbons (Fsp3) is 0.217. The Bertz CT molecular complexity index is 937. The van der Waals surface area contributed by atoms with Crippen LogP contribution in [-0.2, 0) is 14.3 Å². The minimum Gasteiger partial charge on any atom is -0.496 e. The van der Waals surface area contributed by atoms with Crippen molar-refractivity contribution in [2.24, 2.45) is 0 Å². The monoisotopic (exact) mass is 392 g/mol. The van der Waals surface area contributed by atoms with Crippen molar-refractivity contribution < 1.29 is 19.1 Å². The van der Waals surface area contributed by atoms with Crippen molar-refractivity contribution in [2.45, 2.75) is 19.0 Å². The van der Waals surface area contributed by atoms with Crippen molar-refractivity contribution in [1.82, 2.24) is 5.32 Å². The van der Waals surface area contributed by atoms with Gasteiger partial charge in [0.25, 0.3) is 5.91 Å². The number of carbonyl (C=O) groups excluding carboxylic acids is 2. The van der Waals surface area contributed by atoms with Gasteiger partial charge in [0.1, 0.15) is 11.8 Å². The third-order valence-corrected chi connectivity index (χ3v) is 4.71. The molecule has 3 rings (SSSR count). The van der Waals surface area contributed by atoms with Crippen molar-refractivity contribution in [3.8, 4) is 5.75 Å². The third-order valence-electron chi connectivity index (χ3n) is 4.71. The molecule has 2 aromatic rings. The summed E-state index contributed by atoms with van der Waals surface area (Å²) in [6.07, 6.45) is 5.24. The molecule has 1 N–H and O–H groups in total. The van der Waals surface area contributed by atoms with Gasteiger partial charge >= 0.3 is 5.97 Å². The van der Waals surface area contributed by atoms with Crippen LogP contribution in [-0.4, -0.2) is 38.2 Å². The summed E-state index contributed by atoms with van der Waals surface area (Å²) < 4.78 is 10.1. The van der Waals surface area contributed by atoms with E-state index in [2.05, 4.69) is 10.1 Å². The van der Waals surface area contributed by atoms with Gasteiger partial charge in [0.15, 0.2) is 0 Å². The van der Waals surface area contributed by atoms with Crippen LogP contribution in [0.25, 0.3) is 6.08 Å². The van der Waals surface area contributed by atoms with Crippen molar-refractivity contribution in [2.75, 3.05) is 19.1 Å². The second-order valence-electron chi connectivity index (χ2n) is 6.61. The molecule has 1 aliphatic rings. The normalized spacial score (nSPS) is 19.1. The van der Waals surface area contributed by atoms with Crippen molar-refractivity contribution in [3.63, 3.8) is 0 Å². The van der Waals surface area contributed by atoms with Gasteiger partial charge < -0.3 is 19.7 Å². The Morgan fingerprint density at radius 3 is 2.45 bits per heavy atom. The lowest BCUT2D eigenvalue weighted by atomic mass is 9.92. The second-order valence-corrected chi connectivity index (χ2v) is 6.61. The summed E-state index contributed by atoms with van der Waals surface area (Å²) in [4.78, 5) is 26.1. The van der Waals surface area contributed by atoms with E-state index in [4.69, 9.17) is 4.74 Å². The summed E-state index contributed by atoms with van der Waals surface area (Å²) in [5, 5.41) is 3.13. The van der Waals surface area contributed by atoms with Gasteiger partial charge in [0.05, 0.1) is 20.3 Å². The molecule has 2 aromatic carbocycles. The molecular formula is C23H24N2O4. The van der Waals surface area contributed by atoms with Gasteiger partial charge in [-0.3, -0.25) is 4.79 Å². The average Bonchev–Trinajstić information content (AvgIpc) is 2.75. The zero-order valence-electron chi connectivity index (χ0n) is 16.7. The zero-order valence-corrected chi connectivity index (χ0v) is 16.7. The van der Waals surface area contributed by atoms with E-state index in [-0.39, 0.29) is 11.9 Å². The number of methoxy groups -OCH3 is 2. The highest BCUT2D eigenvalue weighted by atomic mass is 16.5. The molecule has 1 heterocycles. The van der Waals surface area contributed by atoms with Gasteiger partial charge in [-0.1, -0.05) is 48.6 Å². The lowest BCUT2D eigenvalue weighted by molar-refractivity contribution is -0.135. The minimum atomic E-state index is -0.484. The summed E-state index contributed by atoms with van der Waals surface area (Å²) >= 11 is 0. The Labute approximate surface area is 170 Å². The van der Waals surface area contributed by atoms with E-state index in [0.717, 1.165) is 17.0 Å². The Morgan fingerprint density at radius 1 is 1.07 bits per heavy atom. The van der Waals surface area contributed by atoms with Gasteiger partial charge in [-0.2, -0.15) is 0 Å². The fourth-order valence-corrected chi connectivity index (χ4v) is 3.27. The molecule has 1 fully saturated rings. The number of anilines is 1. The number of allylic oxidation sites excluding steroid dienone is 1. The number of esters is 1. The standard InChI is InChI=1S/C23H24N2O4/c1-16(15-21(26)29-3)24-22-19(14-13-17-9-7-8-12-20(17)28-2)25(23(22)27)18-10-5-4-6-11-18/h4-15,19,22,24H,1-3H3/b14-13+,16-15+/t19-,22+/m1/s1. The number of β-lactam (4-membered cyclic amide) rings is 1. The van der Waals surface area contributed by atoms with Crippen LogP contribution in [0.2, 0.25) is 0 Å². The smallest absolute Gasteiger partial charge is 0.332 e. The molecular weight excluding hydrogens is 368 g/mol. The molecule has 0 aromatic heterocycles. The largest absolute Gasteiger partial charge is 0.496 e. The first kappa shape index (κ1) is 20.2.